The molecule has 1 rings (SSSR count). The molecule has 0 saturated carbocycles. The first-order valence-corrected chi connectivity index (χ1v) is 4.04. The molecule has 6 heteroatoms. The molecule has 0 aromatic carbocycles. The molecule has 1 aromatic rings. The van der Waals surface area contributed by atoms with Gasteiger partial charge in [-0.2, -0.15) is 0 Å². The van der Waals surface area contributed by atoms with Crippen LogP contribution < -0.4 is 10.4 Å². The van der Waals surface area contributed by atoms with Gasteiger partial charge in [0.2, 0.25) is 5.95 Å². The third-order valence-corrected chi connectivity index (χ3v) is 1.49. The van der Waals surface area contributed by atoms with E-state index in [1.807, 2.05) is 0 Å². The van der Waals surface area contributed by atoms with Crippen molar-refractivity contribution >= 4 is 11.9 Å². The number of rotatable bonds is 4. The summed E-state index contributed by atoms with van der Waals surface area (Å²) in [5.74, 6) is 0.251. The zero-order chi connectivity index (χ0) is 10.4. The molecular formula is C8H12N4O2. The lowest BCUT2D eigenvalue weighted by molar-refractivity contribution is -0.129. The molecule has 0 radical (unpaired) electrons. The van der Waals surface area contributed by atoms with Crippen LogP contribution in [-0.4, -0.2) is 36.6 Å². The van der Waals surface area contributed by atoms with Crippen molar-refractivity contribution in [3.05, 3.63) is 18.5 Å². The Bertz CT molecular complexity index is 291. The van der Waals surface area contributed by atoms with E-state index in [0.717, 1.165) is 0 Å². The number of carbonyl (C=O) groups is 1. The highest BCUT2D eigenvalue weighted by atomic mass is 16.6. The molecule has 0 spiro atoms. The fourth-order valence-electron chi connectivity index (χ4n) is 0.921. The fourth-order valence-corrected chi connectivity index (χ4v) is 0.921. The molecule has 0 atom stereocenters. The number of likely N-dealkylation sites (N-methyl/N-ethyl adjacent to an activating group) is 1. The highest BCUT2D eigenvalue weighted by Gasteiger charge is 2.07. The standard InChI is InChI=1S/C8H12N4O2/c1-12(6-7(13)11-14-2)8-9-4-3-5-10-8/h3-5H,6H2,1-2H3,(H,11,13). The first kappa shape index (κ1) is 10.4. The minimum absolute atomic E-state index is 0.151. The van der Waals surface area contributed by atoms with Crippen molar-refractivity contribution in [1.29, 1.82) is 0 Å². The van der Waals surface area contributed by atoms with Gasteiger partial charge in [0.05, 0.1) is 7.11 Å². The number of anilines is 1. The minimum Gasteiger partial charge on any atom is -0.334 e. The van der Waals surface area contributed by atoms with Crippen LogP contribution in [0.1, 0.15) is 0 Å². The van der Waals surface area contributed by atoms with E-state index in [1.165, 1.54) is 7.11 Å². The Labute approximate surface area is 81.9 Å². The number of carbonyl (C=O) groups excluding carboxylic acids is 1. The van der Waals surface area contributed by atoms with Crippen molar-refractivity contribution in [2.24, 2.45) is 0 Å². The molecule has 6 nitrogen and oxygen atoms in total. The quantitative estimate of drug-likeness (QED) is 0.663. The van der Waals surface area contributed by atoms with E-state index in [1.54, 1.807) is 30.4 Å². The van der Waals surface area contributed by atoms with E-state index < -0.39 is 0 Å². The number of hydrogen-bond donors (Lipinski definition) is 1. The van der Waals surface area contributed by atoms with Crippen LogP contribution in [0, 0.1) is 0 Å². The average molecular weight is 196 g/mol. The normalized spacial score (nSPS) is 9.57. The molecule has 76 valence electrons. The molecule has 0 fully saturated rings. The molecule has 1 N–H and O–H groups in total. The Kier molecular flexibility index (Phi) is 3.81. The summed E-state index contributed by atoms with van der Waals surface area (Å²) < 4.78 is 0. The van der Waals surface area contributed by atoms with E-state index in [2.05, 4.69) is 20.3 Å². The molecule has 0 unspecified atom stereocenters. The molecule has 0 bridgehead atoms. The predicted molar refractivity (Wildman–Crippen MR) is 50.5 cm³/mol. The average Bonchev–Trinajstić information content (AvgIpc) is 2.19. The lowest BCUT2D eigenvalue weighted by atomic mass is 10.5. The van der Waals surface area contributed by atoms with Crippen molar-refractivity contribution in [3.8, 4) is 0 Å². The summed E-state index contributed by atoms with van der Waals surface area (Å²) in [6.07, 6.45) is 3.24. The second-order valence-electron chi connectivity index (χ2n) is 2.63. The summed E-state index contributed by atoms with van der Waals surface area (Å²) in [5, 5.41) is 0. The first-order valence-electron chi connectivity index (χ1n) is 4.04. The zero-order valence-electron chi connectivity index (χ0n) is 8.10. The lowest BCUT2D eigenvalue weighted by Gasteiger charge is -2.15. The lowest BCUT2D eigenvalue weighted by Crippen LogP contribution is -2.35. The minimum atomic E-state index is -0.248. The van der Waals surface area contributed by atoms with Gasteiger partial charge in [-0.1, -0.05) is 0 Å². The van der Waals surface area contributed by atoms with E-state index in [-0.39, 0.29) is 12.5 Å². The fraction of sp³-hybridized carbons (Fsp3) is 0.375. The van der Waals surface area contributed by atoms with Gasteiger partial charge in [0.25, 0.3) is 5.91 Å². The second-order valence-corrected chi connectivity index (χ2v) is 2.63. The highest BCUT2D eigenvalue weighted by Crippen LogP contribution is 2.00. The molecule has 0 aliphatic carbocycles. The Morgan fingerprint density at radius 3 is 2.79 bits per heavy atom. The number of aromatic nitrogens is 2. The van der Waals surface area contributed by atoms with Crippen LogP contribution in [0.2, 0.25) is 0 Å². The highest BCUT2D eigenvalue weighted by molar-refractivity contribution is 5.79. The van der Waals surface area contributed by atoms with Gasteiger partial charge in [-0.05, 0) is 6.07 Å². The molecule has 0 aliphatic rings. The van der Waals surface area contributed by atoms with Gasteiger partial charge in [0.15, 0.2) is 0 Å². The maximum Gasteiger partial charge on any atom is 0.263 e. The van der Waals surface area contributed by atoms with Crippen LogP contribution >= 0.6 is 0 Å². The smallest absolute Gasteiger partial charge is 0.263 e. The summed E-state index contributed by atoms with van der Waals surface area (Å²) in [4.78, 5) is 25.2. The number of nitrogens with one attached hydrogen (secondary N) is 1. The van der Waals surface area contributed by atoms with E-state index in [0.29, 0.717) is 5.95 Å². The van der Waals surface area contributed by atoms with Gasteiger partial charge in [-0.3, -0.25) is 9.63 Å². The van der Waals surface area contributed by atoms with E-state index in [4.69, 9.17) is 0 Å². The number of hydrogen-bond acceptors (Lipinski definition) is 5. The molecule has 1 aromatic heterocycles. The van der Waals surface area contributed by atoms with Gasteiger partial charge in [0, 0.05) is 19.4 Å². The Balaban J connectivity index is 2.50. The Morgan fingerprint density at radius 1 is 1.57 bits per heavy atom. The largest absolute Gasteiger partial charge is 0.334 e. The van der Waals surface area contributed by atoms with Crippen LogP contribution in [-0.2, 0) is 9.63 Å². The molecular weight excluding hydrogens is 184 g/mol. The topological polar surface area (TPSA) is 67.3 Å². The second kappa shape index (κ2) is 5.13. The van der Waals surface area contributed by atoms with Gasteiger partial charge in [0.1, 0.15) is 6.54 Å². The predicted octanol–water partition coefficient (Wildman–Crippen LogP) is -0.410. The van der Waals surface area contributed by atoms with Gasteiger partial charge < -0.3 is 4.90 Å². The van der Waals surface area contributed by atoms with Crippen LogP contribution in [0.4, 0.5) is 5.95 Å². The van der Waals surface area contributed by atoms with Crippen molar-refractivity contribution in [1.82, 2.24) is 15.4 Å². The van der Waals surface area contributed by atoms with Crippen LogP contribution in [0.3, 0.4) is 0 Å². The number of nitrogens with zero attached hydrogens (tertiary/aromatic N) is 3. The maximum atomic E-state index is 11.1. The van der Waals surface area contributed by atoms with Crippen molar-refractivity contribution < 1.29 is 9.63 Å². The molecule has 1 amide bonds. The SMILES string of the molecule is CONC(=O)CN(C)c1ncccn1. The molecule has 1 heterocycles. The third kappa shape index (κ3) is 2.98. The Hall–Kier alpha value is -1.69. The summed E-state index contributed by atoms with van der Waals surface area (Å²) in [5.41, 5.74) is 2.21. The molecule has 0 aliphatic heterocycles. The summed E-state index contributed by atoms with van der Waals surface area (Å²) in [6.45, 7) is 0.151. The van der Waals surface area contributed by atoms with Gasteiger partial charge >= 0.3 is 0 Å². The molecule has 14 heavy (non-hydrogen) atoms. The van der Waals surface area contributed by atoms with Crippen molar-refractivity contribution in [2.45, 2.75) is 0 Å². The maximum absolute atomic E-state index is 11.1. The summed E-state index contributed by atoms with van der Waals surface area (Å²) >= 11 is 0. The van der Waals surface area contributed by atoms with Crippen LogP contribution in [0.25, 0.3) is 0 Å². The van der Waals surface area contributed by atoms with Crippen molar-refractivity contribution in [3.63, 3.8) is 0 Å². The van der Waals surface area contributed by atoms with Gasteiger partial charge in [-0.15, -0.1) is 0 Å². The summed E-state index contributed by atoms with van der Waals surface area (Å²) in [6, 6.07) is 1.71. The van der Waals surface area contributed by atoms with Gasteiger partial charge in [-0.25, -0.2) is 15.4 Å². The number of amides is 1. The van der Waals surface area contributed by atoms with E-state index >= 15 is 0 Å². The van der Waals surface area contributed by atoms with Crippen LogP contribution in [0.15, 0.2) is 18.5 Å². The number of hydroxylamine groups is 1. The molecule has 0 saturated heterocycles. The Morgan fingerprint density at radius 2 is 2.21 bits per heavy atom. The zero-order valence-corrected chi connectivity index (χ0v) is 8.10. The summed E-state index contributed by atoms with van der Waals surface area (Å²) in [7, 11) is 3.11. The van der Waals surface area contributed by atoms with Crippen molar-refractivity contribution in [2.75, 3.05) is 25.6 Å². The third-order valence-electron chi connectivity index (χ3n) is 1.49. The monoisotopic (exact) mass is 196 g/mol. The first-order chi connectivity index (χ1) is 6.74. The van der Waals surface area contributed by atoms with Crippen LogP contribution in [0.5, 0.6) is 0 Å². The van der Waals surface area contributed by atoms with E-state index in [9.17, 15) is 4.79 Å².